The summed E-state index contributed by atoms with van der Waals surface area (Å²) in [5, 5.41) is 4.57. The fraction of sp³-hybridized carbons (Fsp3) is 0.345. The summed E-state index contributed by atoms with van der Waals surface area (Å²) < 4.78 is 12.8. The minimum Gasteiger partial charge on any atom is -0.448 e. The van der Waals surface area contributed by atoms with Crippen molar-refractivity contribution >= 4 is 11.7 Å². The zero-order valence-electron chi connectivity index (χ0n) is 20.8. The number of carbonyl (C=O) groups excluding carboxylic acids is 1. The van der Waals surface area contributed by atoms with Crippen LogP contribution >= 0.6 is 0 Å². The number of carbonyl (C=O) groups is 1. The van der Waals surface area contributed by atoms with Gasteiger partial charge < -0.3 is 14.4 Å². The van der Waals surface area contributed by atoms with Gasteiger partial charge in [-0.25, -0.2) is 14.3 Å². The van der Waals surface area contributed by atoms with Gasteiger partial charge in [-0.2, -0.15) is 0 Å². The number of amides is 1. The summed E-state index contributed by atoms with van der Waals surface area (Å²) in [5.74, 6) is 0.581. The van der Waals surface area contributed by atoms with Crippen LogP contribution in [0.5, 0.6) is 0 Å². The first-order valence-corrected chi connectivity index (χ1v) is 12.8. The normalized spacial score (nSPS) is 19.4. The third-order valence-corrected chi connectivity index (χ3v) is 7.65. The van der Waals surface area contributed by atoms with Crippen LogP contribution in [0.2, 0.25) is 0 Å². The first-order valence-electron chi connectivity index (χ1n) is 12.8. The van der Waals surface area contributed by atoms with Crippen molar-refractivity contribution in [2.45, 2.75) is 37.3 Å². The first-order chi connectivity index (χ1) is 18.1. The highest BCUT2D eigenvalue weighted by Gasteiger charge is 2.31. The lowest BCUT2D eigenvalue weighted by atomic mass is 9.98. The van der Waals surface area contributed by atoms with E-state index >= 15 is 0 Å². The van der Waals surface area contributed by atoms with E-state index in [-0.39, 0.29) is 29.8 Å². The number of aromatic amines is 1. The third kappa shape index (κ3) is 4.42. The number of H-pyrrole nitrogens is 1. The van der Waals surface area contributed by atoms with Crippen LogP contribution < -0.4 is 5.69 Å². The van der Waals surface area contributed by atoms with E-state index in [1.54, 1.807) is 12.0 Å². The molecule has 1 fully saturated rings. The van der Waals surface area contributed by atoms with Crippen molar-refractivity contribution in [3.05, 3.63) is 94.2 Å². The van der Waals surface area contributed by atoms with Gasteiger partial charge >= 0.3 is 11.8 Å². The second kappa shape index (κ2) is 9.86. The molecule has 0 spiro atoms. The van der Waals surface area contributed by atoms with Crippen molar-refractivity contribution in [1.29, 1.82) is 0 Å². The minimum absolute atomic E-state index is 0.0194. The van der Waals surface area contributed by atoms with Crippen molar-refractivity contribution in [3.63, 3.8) is 0 Å². The number of benzene rings is 2. The molecule has 3 aliphatic rings. The van der Waals surface area contributed by atoms with Gasteiger partial charge in [-0.3, -0.25) is 4.98 Å². The second-order valence-electron chi connectivity index (χ2n) is 9.78. The molecular weight excluding hydrogens is 468 g/mol. The van der Waals surface area contributed by atoms with Gasteiger partial charge in [0, 0.05) is 31.7 Å². The Hall–Kier alpha value is -3.91. The molecule has 8 heteroatoms. The molecule has 1 N–H and O–H groups in total. The highest BCUT2D eigenvalue weighted by Crippen LogP contribution is 2.44. The Morgan fingerprint density at radius 3 is 2.41 bits per heavy atom. The maximum Gasteiger partial charge on any atom is 0.409 e. The Labute approximate surface area is 215 Å². The zero-order valence-corrected chi connectivity index (χ0v) is 20.8. The van der Waals surface area contributed by atoms with Crippen LogP contribution in [0.4, 0.5) is 4.79 Å². The number of rotatable bonds is 5. The van der Waals surface area contributed by atoms with Gasteiger partial charge in [0.05, 0.1) is 12.1 Å². The number of nitrogens with one attached hydrogen (secondary N) is 1. The molecule has 1 saturated heterocycles. The largest absolute Gasteiger partial charge is 0.448 e. The van der Waals surface area contributed by atoms with Crippen LogP contribution in [0.25, 0.3) is 16.7 Å². The average molecular weight is 499 g/mol. The van der Waals surface area contributed by atoms with Gasteiger partial charge in [0.2, 0.25) is 0 Å². The van der Waals surface area contributed by atoms with Gasteiger partial charge in [0.25, 0.3) is 0 Å². The lowest BCUT2D eigenvalue weighted by Crippen LogP contribution is -2.41. The summed E-state index contributed by atoms with van der Waals surface area (Å²) in [4.78, 5) is 30.2. The molecule has 190 valence electrons. The fourth-order valence-corrected chi connectivity index (χ4v) is 5.67. The predicted octanol–water partition coefficient (Wildman–Crippen LogP) is 4.52. The first kappa shape index (κ1) is 23.5. The minimum atomic E-state index is -0.307. The van der Waals surface area contributed by atoms with Crippen molar-refractivity contribution in [1.82, 2.24) is 19.7 Å². The molecule has 3 aromatic rings. The van der Waals surface area contributed by atoms with E-state index in [0.29, 0.717) is 38.4 Å². The summed E-state index contributed by atoms with van der Waals surface area (Å²) in [6, 6.07) is 16.6. The molecule has 1 aromatic heterocycles. The van der Waals surface area contributed by atoms with Crippen LogP contribution in [0.1, 0.15) is 48.2 Å². The Bertz CT molecular complexity index is 1380. The topological polar surface area (TPSA) is 89.4 Å². The number of aromatic nitrogens is 3. The number of nitrogens with zero attached hydrogens (tertiary/aromatic N) is 3. The van der Waals surface area contributed by atoms with Crippen LogP contribution in [-0.4, -0.2) is 58.7 Å². The molecule has 1 unspecified atom stereocenters. The molecule has 2 heterocycles. The number of ether oxygens (including phenoxy) is 2. The average Bonchev–Trinajstić information content (AvgIpc) is 3.50. The Morgan fingerprint density at radius 2 is 1.73 bits per heavy atom. The highest BCUT2D eigenvalue weighted by molar-refractivity contribution is 5.79. The Balaban J connectivity index is 1.08. The molecule has 0 radical (unpaired) electrons. The maximum atomic E-state index is 12.9. The van der Waals surface area contributed by atoms with Crippen molar-refractivity contribution < 1.29 is 14.3 Å². The Kier molecular flexibility index (Phi) is 6.26. The number of likely N-dealkylation sites (tertiary alicyclic amines) is 1. The van der Waals surface area contributed by atoms with Gasteiger partial charge in [-0.15, -0.1) is 5.10 Å². The van der Waals surface area contributed by atoms with Crippen LogP contribution in [0.3, 0.4) is 0 Å². The third-order valence-electron chi connectivity index (χ3n) is 7.65. The van der Waals surface area contributed by atoms with E-state index in [0.717, 1.165) is 12.0 Å². The number of methoxy groups -OCH3 is 1. The summed E-state index contributed by atoms with van der Waals surface area (Å²) in [5.41, 5.74) is 5.43. The number of hydrogen-bond acceptors (Lipinski definition) is 5. The van der Waals surface area contributed by atoms with E-state index in [1.807, 2.05) is 42.5 Å². The quantitative estimate of drug-likeness (QED) is 0.559. The van der Waals surface area contributed by atoms with Crippen molar-refractivity contribution in [2.75, 3.05) is 26.8 Å². The molecule has 8 nitrogen and oxygen atoms in total. The lowest BCUT2D eigenvalue weighted by Gasteiger charge is -2.31. The van der Waals surface area contributed by atoms with Crippen LogP contribution in [0, 0.1) is 0 Å². The summed E-state index contributed by atoms with van der Waals surface area (Å²) in [6.45, 7) is 1.34. The monoisotopic (exact) mass is 498 g/mol. The smallest absolute Gasteiger partial charge is 0.409 e. The zero-order chi connectivity index (χ0) is 25.4. The SMILES string of the molecule is COC1C=C(c2nn(C3CCN(C(=O)OCC4c5ccccc5-c5ccccc54)CC3)c(=O)[nH]2)C=CC1. The molecule has 1 atom stereocenters. The van der Waals surface area contributed by atoms with E-state index in [4.69, 9.17) is 9.47 Å². The molecule has 2 aliphatic carbocycles. The van der Waals surface area contributed by atoms with Crippen molar-refractivity contribution in [3.8, 4) is 11.1 Å². The molecule has 2 aromatic carbocycles. The van der Waals surface area contributed by atoms with Crippen LogP contribution in [-0.2, 0) is 9.47 Å². The maximum absolute atomic E-state index is 12.9. The van der Waals surface area contributed by atoms with Gasteiger partial charge in [-0.05, 0) is 47.6 Å². The van der Waals surface area contributed by atoms with E-state index in [1.165, 1.54) is 26.9 Å². The molecular formula is C29H30N4O4. The van der Waals surface area contributed by atoms with E-state index < -0.39 is 0 Å². The predicted molar refractivity (Wildman–Crippen MR) is 140 cm³/mol. The summed E-state index contributed by atoms with van der Waals surface area (Å²) in [6.07, 6.45) is 7.72. The van der Waals surface area contributed by atoms with Gasteiger partial charge in [0.1, 0.15) is 6.61 Å². The summed E-state index contributed by atoms with van der Waals surface area (Å²) >= 11 is 0. The summed E-state index contributed by atoms with van der Waals surface area (Å²) in [7, 11) is 1.67. The molecule has 0 bridgehead atoms. The van der Waals surface area contributed by atoms with Crippen LogP contribution in [0.15, 0.2) is 71.6 Å². The number of hydrogen-bond donors (Lipinski definition) is 1. The van der Waals surface area contributed by atoms with Gasteiger partial charge in [0.15, 0.2) is 5.82 Å². The molecule has 6 rings (SSSR count). The Morgan fingerprint density at radius 1 is 1.05 bits per heavy atom. The lowest BCUT2D eigenvalue weighted by molar-refractivity contribution is 0.0850. The number of fused-ring (bicyclic) bond motifs is 3. The number of piperidine rings is 1. The standard InChI is InChI=1S/C29H30N4O4/c1-36-21-8-6-7-19(17-21)27-30-28(34)33(31-27)20-13-15-32(16-14-20)29(35)37-18-26-24-11-4-2-9-22(24)23-10-3-5-12-25(23)26/h2-7,9-12,17,20-21,26H,8,13-16,18H2,1H3,(H,30,31,34). The van der Waals surface area contributed by atoms with Crippen molar-refractivity contribution in [2.24, 2.45) is 0 Å². The van der Waals surface area contributed by atoms with E-state index in [2.05, 4.69) is 34.3 Å². The van der Waals surface area contributed by atoms with Gasteiger partial charge in [-0.1, -0.05) is 60.7 Å². The molecule has 1 amide bonds. The highest BCUT2D eigenvalue weighted by atomic mass is 16.6. The molecule has 0 saturated carbocycles. The fourth-order valence-electron chi connectivity index (χ4n) is 5.67. The molecule has 1 aliphatic heterocycles. The second-order valence-corrected chi connectivity index (χ2v) is 9.78. The number of allylic oxidation sites excluding steroid dienone is 2. The molecule has 37 heavy (non-hydrogen) atoms. The van der Waals surface area contributed by atoms with E-state index in [9.17, 15) is 9.59 Å².